The quantitative estimate of drug-likeness (QED) is 0.344. The molecule has 2 heterocycles. The summed E-state index contributed by atoms with van der Waals surface area (Å²) < 4.78 is 26.3. The van der Waals surface area contributed by atoms with E-state index in [0.717, 1.165) is 33.6 Å². The van der Waals surface area contributed by atoms with Crippen molar-refractivity contribution in [2.24, 2.45) is 0 Å². The van der Waals surface area contributed by atoms with Crippen molar-refractivity contribution in [3.8, 4) is 16.3 Å². The first kappa shape index (κ1) is 22.0. The number of hydrogen-bond donors (Lipinski definition) is 0. The molecule has 0 aliphatic heterocycles. The number of fused-ring (bicyclic) bond motifs is 1. The highest BCUT2D eigenvalue weighted by molar-refractivity contribution is 7.15. The van der Waals surface area contributed by atoms with Gasteiger partial charge in [0, 0.05) is 22.9 Å². The number of thiazole rings is 1. The summed E-state index contributed by atoms with van der Waals surface area (Å²) in [5, 5.41) is 6.06. The van der Waals surface area contributed by atoms with Crippen LogP contribution in [0.5, 0.6) is 5.75 Å². The lowest BCUT2D eigenvalue weighted by Gasteiger charge is -2.06. The minimum atomic E-state index is -0.373. The average molecular weight is 454 g/mol. The van der Waals surface area contributed by atoms with Gasteiger partial charge in [0.15, 0.2) is 0 Å². The van der Waals surface area contributed by atoms with Crippen LogP contribution in [-0.4, -0.2) is 27.8 Å². The molecule has 0 unspecified atom stereocenters. The minimum Gasteiger partial charge on any atom is -0.496 e. The van der Waals surface area contributed by atoms with Crippen LogP contribution in [-0.2, 0) is 35.5 Å². The van der Waals surface area contributed by atoms with E-state index in [-0.39, 0.29) is 24.8 Å². The Hall–Kier alpha value is -3.26. The van der Waals surface area contributed by atoms with Crippen LogP contribution < -0.4 is 4.74 Å². The van der Waals surface area contributed by atoms with Gasteiger partial charge in [0.25, 0.3) is 0 Å². The van der Waals surface area contributed by atoms with Gasteiger partial charge in [-0.05, 0) is 43.2 Å². The molecule has 0 aliphatic rings. The molecule has 2 aromatic heterocycles. The van der Waals surface area contributed by atoms with Gasteiger partial charge < -0.3 is 9.47 Å². The van der Waals surface area contributed by atoms with E-state index in [2.05, 4.69) is 10.1 Å². The summed E-state index contributed by atoms with van der Waals surface area (Å²) in [5.41, 5.74) is 3.51. The normalized spacial score (nSPS) is 11.1. The summed E-state index contributed by atoms with van der Waals surface area (Å²) in [6.45, 7) is 5.04. The highest BCUT2D eigenvalue weighted by atomic mass is 32.1. The maximum absolute atomic E-state index is 13.5. The number of halogens is 1. The molecule has 4 aromatic rings. The maximum atomic E-state index is 13.5. The predicted octanol–water partition coefficient (Wildman–Crippen LogP) is 5.18. The minimum absolute atomic E-state index is 0.139. The molecule has 4 rings (SSSR count). The van der Waals surface area contributed by atoms with Crippen LogP contribution in [0.3, 0.4) is 0 Å². The number of aryl methyl sites for hydroxylation is 2. The van der Waals surface area contributed by atoms with E-state index < -0.39 is 0 Å². The fourth-order valence-corrected chi connectivity index (χ4v) is 4.74. The number of benzene rings is 2. The predicted molar refractivity (Wildman–Crippen MR) is 122 cm³/mol. The summed E-state index contributed by atoms with van der Waals surface area (Å²) in [6, 6.07) is 10.3. The van der Waals surface area contributed by atoms with E-state index in [4.69, 9.17) is 9.47 Å². The molecule has 166 valence electrons. The number of carbonyl (C=O) groups excluding carboxylic acids is 1. The van der Waals surface area contributed by atoms with E-state index in [1.807, 2.05) is 42.9 Å². The number of carbonyl (C=O) groups is 1. The molecule has 0 fully saturated rings. The van der Waals surface area contributed by atoms with Crippen molar-refractivity contribution in [3.63, 3.8) is 0 Å². The van der Waals surface area contributed by atoms with Gasteiger partial charge in [-0.15, -0.1) is 11.3 Å². The molecule has 0 spiro atoms. The SMILES string of the molecule is CCc1nc(-c2ccc(F)cc2OC)sc1CC(=O)OCc1ccc2c(cnn2CC)c1. The number of rotatable bonds is 8. The van der Waals surface area contributed by atoms with Crippen LogP contribution >= 0.6 is 11.3 Å². The Morgan fingerprint density at radius 1 is 1.19 bits per heavy atom. The molecule has 0 saturated carbocycles. The van der Waals surface area contributed by atoms with Gasteiger partial charge in [-0.1, -0.05) is 13.0 Å². The fourth-order valence-electron chi connectivity index (χ4n) is 3.58. The van der Waals surface area contributed by atoms with Gasteiger partial charge >= 0.3 is 5.97 Å². The van der Waals surface area contributed by atoms with Crippen molar-refractivity contribution in [1.82, 2.24) is 14.8 Å². The summed E-state index contributed by atoms with van der Waals surface area (Å²) in [7, 11) is 1.50. The third-order valence-electron chi connectivity index (χ3n) is 5.22. The van der Waals surface area contributed by atoms with Crippen LogP contribution in [0.1, 0.15) is 30.0 Å². The standard InChI is InChI=1S/C24H24FN3O3S/c1-4-19-22(32-24(27-19)18-8-7-17(25)11-21(18)30-3)12-23(29)31-14-15-6-9-20-16(10-15)13-26-28(20)5-2/h6-11,13H,4-5,12,14H2,1-3H3. The molecule has 0 aliphatic carbocycles. The topological polar surface area (TPSA) is 66.2 Å². The van der Waals surface area contributed by atoms with Crippen molar-refractivity contribution < 1.29 is 18.7 Å². The second-order valence-electron chi connectivity index (χ2n) is 7.28. The number of esters is 1. The Kier molecular flexibility index (Phi) is 6.50. The van der Waals surface area contributed by atoms with E-state index >= 15 is 0 Å². The zero-order valence-electron chi connectivity index (χ0n) is 18.2. The molecular formula is C24H24FN3O3S. The Bertz CT molecular complexity index is 1260. The Morgan fingerprint density at radius 2 is 2.03 bits per heavy atom. The molecule has 32 heavy (non-hydrogen) atoms. The monoisotopic (exact) mass is 453 g/mol. The van der Waals surface area contributed by atoms with Crippen molar-refractivity contribution in [1.29, 1.82) is 0 Å². The third-order valence-corrected chi connectivity index (χ3v) is 6.35. The third kappa shape index (κ3) is 4.50. The molecule has 6 nitrogen and oxygen atoms in total. The van der Waals surface area contributed by atoms with Gasteiger partial charge in [-0.25, -0.2) is 9.37 Å². The fraction of sp³-hybridized carbons (Fsp3) is 0.292. The van der Waals surface area contributed by atoms with Gasteiger partial charge in [-0.3, -0.25) is 9.48 Å². The van der Waals surface area contributed by atoms with E-state index in [1.165, 1.54) is 30.6 Å². The lowest BCUT2D eigenvalue weighted by molar-refractivity contribution is -0.144. The first-order chi connectivity index (χ1) is 15.5. The second kappa shape index (κ2) is 9.48. The lowest BCUT2D eigenvalue weighted by Crippen LogP contribution is -2.08. The van der Waals surface area contributed by atoms with E-state index in [1.54, 1.807) is 6.07 Å². The van der Waals surface area contributed by atoms with Crippen molar-refractivity contribution in [2.45, 2.75) is 39.8 Å². The average Bonchev–Trinajstić information content (AvgIpc) is 3.40. The summed E-state index contributed by atoms with van der Waals surface area (Å²) in [5.74, 6) is -0.274. The Balaban J connectivity index is 1.46. The maximum Gasteiger partial charge on any atom is 0.311 e. The number of ether oxygens (including phenoxy) is 2. The van der Waals surface area contributed by atoms with Crippen molar-refractivity contribution in [2.75, 3.05) is 7.11 Å². The summed E-state index contributed by atoms with van der Waals surface area (Å²) in [4.78, 5) is 18.0. The van der Waals surface area contributed by atoms with Crippen LogP contribution in [0.2, 0.25) is 0 Å². The smallest absolute Gasteiger partial charge is 0.311 e. The summed E-state index contributed by atoms with van der Waals surface area (Å²) >= 11 is 1.40. The number of aromatic nitrogens is 3. The van der Waals surface area contributed by atoms with E-state index in [9.17, 15) is 9.18 Å². The van der Waals surface area contributed by atoms with Crippen LogP contribution in [0.15, 0.2) is 42.6 Å². The van der Waals surface area contributed by atoms with Gasteiger partial charge in [-0.2, -0.15) is 5.10 Å². The molecule has 0 amide bonds. The largest absolute Gasteiger partial charge is 0.496 e. The molecular weight excluding hydrogens is 429 g/mol. The van der Waals surface area contributed by atoms with Gasteiger partial charge in [0.05, 0.1) is 36.5 Å². The molecule has 0 radical (unpaired) electrons. The first-order valence-corrected chi connectivity index (χ1v) is 11.3. The molecule has 0 N–H and O–H groups in total. The molecule has 0 saturated heterocycles. The number of methoxy groups -OCH3 is 1. The van der Waals surface area contributed by atoms with Crippen molar-refractivity contribution in [3.05, 3.63) is 64.5 Å². The Morgan fingerprint density at radius 3 is 2.78 bits per heavy atom. The zero-order valence-corrected chi connectivity index (χ0v) is 19.0. The van der Waals surface area contributed by atoms with Crippen LogP contribution in [0.25, 0.3) is 21.5 Å². The molecule has 0 atom stereocenters. The Labute approximate surface area is 189 Å². The molecule has 2 aromatic carbocycles. The zero-order chi connectivity index (χ0) is 22.7. The lowest BCUT2D eigenvalue weighted by atomic mass is 10.2. The molecule has 8 heteroatoms. The van der Waals surface area contributed by atoms with Crippen LogP contribution in [0.4, 0.5) is 4.39 Å². The van der Waals surface area contributed by atoms with E-state index in [0.29, 0.717) is 22.7 Å². The van der Waals surface area contributed by atoms with Crippen molar-refractivity contribution >= 4 is 28.2 Å². The van der Waals surface area contributed by atoms with Gasteiger partial charge in [0.1, 0.15) is 23.2 Å². The highest BCUT2D eigenvalue weighted by Crippen LogP contribution is 2.35. The van der Waals surface area contributed by atoms with Crippen LogP contribution in [0, 0.1) is 5.82 Å². The summed E-state index contributed by atoms with van der Waals surface area (Å²) in [6.07, 6.45) is 2.64. The van der Waals surface area contributed by atoms with Gasteiger partial charge in [0.2, 0.25) is 0 Å². The highest BCUT2D eigenvalue weighted by Gasteiger charge is 2.18. The number of hydrogen-bond acceptors (Lipinski definition) is 6. The number of nitrogens with zero attached hydrogens (tertiary/aromatic N) is 3. The second-order valence-corrected chi connectivity index (χ2v) is 8.36. The first-order valence-electron chi connectivity index (χ1n) is 10.4. The molecule has 0 bridgehead atoms.